The van der Waals surface area contributed by atoms with Gasteiger partial charge in [-0.05, 0) is 38.3 Å². The highest BCUT2D eigenvalue weighted by Crippen LogP contribution is 2.27. The molecule has 1 aromatic heterocycles. The third-order valence-corrected chi connectivity index (χ3v) is 3.64. The van der Waals surface area contributed by atoms with E-state index in [0.717, 1.165) is 13.0 Å². The molecule has 1 unspecified atom stereocenters. The number of aryl methyl sites for hydroxylation is 1. The molecule has 1 saturated heterocycles. The first-order valence-electron chi connectivity index (χ1n) is 6.47. The molecule has 1 aromatic rings. The van der Waals surface area contributed by atoms with Gasteiger partial charge in [-0.3, -0.25) is 4.68 Å². The summed E-state index contributed by atoms with van der Waals surface area (Å²) in [5.74, 6) is 0.630. The van der Waals surface area contributed by atoms with Gasteiger partial charge >= 0.3 is 0 Å². The number of piperidine rings is 1. The van der Waals surface area contributed by atoms with E-state index >= 15 is 0 Å². The highest BCUT2D eigenvalue weighted by Gasteiger charge is 2.22. The zero-order valence-corrected chi connectivity index (χ0v) is 10.7. The molecule has 1 aliphatic heterocycles. The SMILES string of the molecule is CCCc1c(C)c(C2CCCNC2)nn1C. The zero-order chi connectivity index (χ0) is 11.5. The summed E-state index contributed by atoms with van der Waals surface area (Å²) in [6.07, 6.45) is 4.92. The van der Waals surface area contributed by atoms with E-state index in [-0.39, 0.29) is 0 Å². The maximum absolute atomic E-state index is 4.73. The zero-order valence-electron chi connectivity index (χ0n) is 10.7. The molecule has 0 radical (unpaired) electrons. The first kappa shape index (κ1) is 11.6. The topological polar surface area (TPSA) is 29.9 Å². The molecular weight excluding hydrogens is 198 g/mol. The van der Waals surface area contributed by atoms with Crippen LogP contribution in [0.25, 0.3) is 0 Å². The molecule has 0 bridgehead atoms. The predicted octanol–water partition coefficient (Wildman–Crippen LogP) is 2.15. The molecule has 0 saturated carbocycles. The molecule has 0 aromatic carbocycles. The fourth-order valence-electron chi connectivity index (χ4n) is 2.75. The Morgan fingerprint density at radius 2 is 2.31 bits per heavy atom. The van der Waals surface area contributed by atoms with Crippen LogP contribution in [0.3, 0.4) is 0 Å². The minimum absolute atomic E-state index is 0.630. The van der Waals surface area contributed by atoms with Crippen LogP contribution in [-0.2, 0) is 13.5 Å². The fraction of sp³-hybridized carbons (Fsp3) is 0.769. The van der Waals surface area contributed by atoms with Crippen molar-refractivity contribution in [1.82, 2.24) is 15.1 Å². The lowest BCUT2D eigenvalue weighted by atomic mass is 9.93. The van der Waals surface area contributed by atoms with Gasteiger partial charge in [0.1, 0.15) is 0 Å². The van der Waals surface area contributed by atoms with E-state index < -0.39 is 0 Å². The van der Waals surface area contributed by atoms with Crippen molar-refractivity contribution < 1.29 is 0 Å². The molecule has 0 amide bonds. The Kier molecular flexibility index (Phi) is 3.64. The number of hydrogen-bond acceptors (Lipinski definition) is 2. The van der Waals surface area contributed by atoms with Crippen molar-refractivity contribution in [3.8, 4) is 0 Å². The van der Waals surface area contributed by atoms with E-state index in [4.69, 9.17) is 5.10 Å². The Hall–Kier alpha value is -0.830. The maximum Gasteiger partial charge on any atom is 0.0700 e. The summed E-state index contributed by atoms with van der Waals surface area (Å²) >= 11 is 0. The van der Waals surface area contributed by atoms with Crippen molar-refractivity contribution in [2.24, 2.45) is 7.05 Å². The van der Waals surface area contributed by atoms with Crippen LogP contribution in [0.4, 0.5) is 0 Å². The lowest BCUT2D eigenvalue weighted by Gasteiger charge is -2.21. The smallest absolute Gasteiger partial charge is 0.0700 e. The summed E-state index contributed by atoms with van der Waals surface area (Å²) in [7, 11) is 2.08. The Balaban J connectivity index is 2.23. The lowest BCUT2D eigenvalue weighted by Crippen LogP contribution is -2.29. The monoisotopic (exact) mass is 221 g/mol. The van der Waals surface area contributed by atoms with Crippen molar-refractivity contribution in [3.05, 3.63) is 17.0 Å². The second-order valence-electron chi connectivity index (χ2n) is 4.87. The van der Waals surface area contributed by atoms with Crippen LogP contribution in [0.1, 0.15) is 49.1 Å². The quantitative estimate of drug-likeness (QED) is 0.847. The highest BCUT2D eigenvalue weighted by atomic mass is 15.3. The van der Waals surface area contributed by atoms with Crippen molar-refractivity contribution in [1.29, 1.82) is 0 Å². The molecule has 90 valence electrons. The Morgan fingerprint density at radius 3 is 2.94 bits per heavy atom. The summed E-state index contributed by atoms with van der Waals surface area (Å²) in [4.78, 5) is 0. The van der Waals surface area contributed by atoms with Gasteiger partial charge in [-0.25, -0.2) is 0 Å². The second kappa shape index (κ2) is 5.00. The van der Waals surface area contributed by atoms with Gasteiger partial charge in [0.05, 0.1) is 5.69 Å². The Bertz CT molecular complexity index is 348. The molecular formula is C13H23N3. The number of hydrogen-bond donors (Lipinski definition) is 1. The van der Waals surface area contributed by atoms with Crippen molar-refractivity contribution in [2.45, 2.75) is 45.4 Å². The van der Waals surface area contributed by atoms with Crippen LogP contribution in [0.15, 0.2) is 0 Å². The molecule has 1 atom stereocenters. The Morgan fingerprint density at radius 1 is 1.50 bits per heavy atom. The fourth-order valence-corrected chi connectivity index (χ4v) is 2.75. The molecule has 2 heterocycles. The van der Waals surface area contributed by atoms with E-state index in [1.165, 1.54) is 42.8 Å². The number of nitrogens with one attached hydrogen (secondary N) is 1. The van der Waals surface area contributed by atoms with Crippen molar-refractivity contribution >= 4 is 0 Å². The average Bonchev–Trinajstić information content (AvgIpc) is 2.59. The second-order valence-corrected chi connectivity index (χ2v) is 4.87. The minimum atomic E-state index is 0.630. The largest absolute Gasteiger partial charge is 0.316 e. The molecule has 1 aliphatic rings. The van der Waals surface area contributed by atoms with Crippen LogP contribution in [0.2, 0.25) is 0 Å². The van der Waals surface area contributed by atoms with Crippen molar-refractivity contribution in [3.63, 3.8) is 0 Å². The van der Waals surface area contributed by atoms with Crippen LogP contribution >= 0.6 is 0 Å². The first-order valence-corrected chi connectivity index (χ1v) is 6.47. The van der Waals surface area contributed by atoms with Gasteiger partial charge in [-0.1, -0.05) is 13.3 Å². The van der Waals surface area contributed by atoms with Gasteiger partial charge in [0, 0.05) is 25.2 Å². The lowest BCUT2D eigenvalue weighted by molar-refractivity contribution is 0.450. The van der Waals surface area contributed by atoms with E-state index in [1.54, 1.807) is 0 Å². The number of nitrogens with zero attached hydrogens (tertiary/aromatic N) is 2. The molecule has 0 aliphatic carbocycles. The first-order chi connectivity index (χ1) is 7.74. The van der Waals surface area contributed by atoms with Gasteiger partial charge in [0.15, 0.2) is 0 Å². The molecule has 0 spiro atoms. The molecule has 1 fully saturated rings. The third-order valence-electron chi connectivity index (χ3n) is 3.64. The van der Waals surface area contributed by atoms with Crippen molar-refractivity contribution in [2.75, 3.05) is 13.1 Å². The van der Waals surface area contributed by atoms with E-state index in [0.29, 0.717) is 5.92 Å². The summed E-state index contributed by atoms with van der Waals surface area (Å²) in [5, 5.41) is 8.20. The molecule has 1 N–H and O–H groups in total. The van der Waals surface area contributed by atoms with Gasteiger partial charge in [-0.2, -0.15) is 5.10 Å². The molecule has 16 heavy (non-hydrogen) atoms. The van der Waals surface area contributed by atoms with Gasteiger partial charge in [-0.15, -0.1) is 0 Å². The average molecular weight is 221 g/mol. The summed E-state index contributed by atoms with van der Waals surface area (Å²) in [6, 6.07) is 0. The summed E-state index contributed by atoms with van der Waals surface area (Å²) < 4.78 is 2.09. The predicted molar refractivity (Wildman–Crippen MR) is 66.8 cm³/mol. The van der Waals surface area contributed by atoms with Crippen LogP contribution in [-0.4, -0.2) is 22.9 Å². The number of rotatable bonds is 3. The number of aromatic nitrogens is 2. The minimum Gasteiger partial charge on any atom is -0.316 e. The van der Waals surface area contributed by atoms with Crippen LogP contribution < -0.4 is 5.32 Å². The molecule has 2 rings (SSSR count). The van der Waals surface area contributed by atoms with E-state index in [9.17, 15) is 0 Å². The van der Waals surface area contributed by atoms with E-state index in [2.05, 4.69) is 30.9 Å². The van der Waals surface area contributed by atoms with Crippen LogP contribution in [0, 0.1) is 6.92 Å². The maximum atomic E-state index is 4.73. The highest BCUT2D eigenvalue weighted by molar-refractivity contribution is 5.28. The molecule has 3 heteroatoms. The van der Waals surface area contributed by atoms with E-state index in [1.807, 2.05) is 0 Å². The van der Waals surface area contributed by atoms with Gasteiger partial charge in [0.25, 0.3) is 0 Å². The Labute approximate surface area is 98.2 Å². The standard InChI is InChI=1S/C13H23N3/c1-4-6-12-10(2)13(15-16(12)3)11-7-5-8-14-9-11/h11,14H,4-9H2,1-3H3. The van der Waals surface area contributed by atoms with Crippen LogP contribution in [0.5, 0.6) is 0 Å². The molecule has 3 nitrogen and oxygen atoms in total. The summed E-state index contributed by atoms with van der Waals surface area (Å²) in [5.41, 5.74) is 4.18. The van der Waals surface area contributed by atoms with Gasteiger partial charge < -0.3 is 5.32 Å². The van der Waals surface area contributed by atoms with Gasteiger partial charge in [0.2, 0.25) is 0 Å². The normalized spacial score (nSPS) is 21.3. The third kappa shape index (κ3) is 2.14. The summed E-state index contributed by atoms with van der Waals surface area (Å²) in [6.45, 7) is 6.74.